The number of carbonyl (C=O) groups excluding carboxylic acids is 1. The van der Waals surface area contributed by atoms with Gasteiger partial charge in [-0.1, -0.05) is 29.8 Å². The molecule has 0 aromatic heterocycles. The van der Waals surface area contributed by atoms with Crippen molar-refractivity contribution in [3.63, 3.8) is 0 Å². The summed E-state index contributed by atoms with van der Waals surface area (Å²) >= 11 is 3.02. The molecular weight excluding hydrogens is 294 g/mol. The van der Waals surface area contributed by atoms with Gasteiger partial charge in [-0.3, -0.25) is 4.79 Å². The SMILES string of the molecule is Cc1ccc(CSCC(=O)N2CSC[C@H]2C(=O)O)cc1. The monoisotopic (exact) mass is 311 g/mol. The van der Waals surface area contributed by atoms with Gasteiger partial charge in [-0.2, -0.15) is 0 Å². The number of carbonyl (C=O) groups is 2. The zero-order valence-corrected chi connectivity index (χ0v) is 12.9. The van der Waals surface area contributed by atoms with Gasteiger partial charge in [0.25, 0.3) is 0 Å². The Hall–Kier alpha value is -1.14. The van der Waals surface area contributed by atoms with Crippen LogP contribution in [0.5, 0.6) is 0 Å². The Morgan fingerprint density at radius 2 is 2.10 bits per heavy atom. The van der Waals surface area contributed by atoms with Crippen molar-refractivity contribution in [1.82, 2.24) is 4.90 Å². The maximum absolute atomic E-state index is 12.0. The summed E-state index contributed by atoms with van der Waals surface area (Å²) < 4.78 is 0. The van der Waals surface area contributed by atoms with Crippen molar-refractivity contribution in [2.75, 3.05) is 17.4 Å². The number of amides is 1. The van der Waals surface area contributed by atoms with Crippen molar-refractivity contribution < 1.29 is 14.7 Å². The lowest BCUT2D eigenvalue weighted by Gasteiger charge is -2.20. The van der Waals surface area contributed by atoms with E-state index < -0.39 is 12.0 Å². The van der Waals surface area contributed by atoms with E-state index >= 15 is 0 Å². The standard InChI is InChI=1S/C14H17NO3S2/c1-10-2-4-11(5-3-10)6-19-8-13(16)15-9-20-7-12(15)14(17)18/h2-5,12H,6-9H2,1H3,(H,17,18)/t12-/m0/s1. The molecule has 1 amide bonds. The van der Waals surface area contributed by atoms with Crippen LogP contribution in [0.15, 0.2) is 24.3 Å². The summed E-state index contributed by atoms with van der Waals surface area (Å²) in [5.41, 5.74) is 2.40. The predicted octanol–water partition coefficient (Wildman–Crippen LogP) is 2.21. The number of carboxylic acids is 1. The van der Waals surface area contributed by atoms with E-state index in [9.17, 15) is 9.59 Å². The molecule has 0 bridgehead atoms. The minimum Gasteiger partial charge on any atom is -0.480 e. The number of hydrogen-bond donors (Lipinski definition) is 1. The molecule has 0 aliphatic carbocycles. The molecule has 0 saturated carbocycles. The number of nitrogens with zero attached hydrogens (tertiary/aromatic N) is 1. The molecule has 1 N–H and O–H groups in total. The van der Waals surface area contributed by atoms with Crippen molar-refractivity contribution in [2.24, 2.45) is 0 Å². The maximum Gasteiger partial charge on any atom is 0.327 e. The van der Waals surface area contributed by atoms with Gasteiger partial charge in [0.2, 0.25) is 5.91 Å². The first-order valence-corrected chi connectivity index (χ1v) is 8.62. The van der Waals surface area contributed by atoms with E-state index in [0.29, 0.717) is 17.4 Å². The van der Waals surface area contributed by atoms with Crippen LogP contribution in [0, 0.1) is 6.92 Å². The van der Waals surface area contributed by atoms with E-state index in [0.717, 1.165) is 5.75 Å². The number of carboxylic acid groups (broad SMARTS) is 1. The lowest BCUT2D eigenvalue weighted by molar-refractivity contribution is -0.146. The van der Waals surface area contributed by atoms with Gasteiger partial charge < -0.3 is 10.0 Å². The van der Waals surface area contributed by atoms with E-state index in [4.69, 9.17) is 5.11 Å². The molecule has 0 unspecified atom stereocenters. The van der Waals surface area contributed by atoms with Gasteiger partial charge in [-0.25, -0.2) is 4.79 Å². The van der Waals surface area contributed by atoms with E-state index in [1.165, 1.54) is 39.6 Å². The van der Waals surface area contributed by atoms with E-state index in [1.54, 1.807) is 0 Å². The Morgan fingerprint density at radius 3 is 2.75 bits per heavy atom. The molecule has 1 aromatic rings. The van der Waals surface area contributed by atoms with Crippen molar-refractivity contribution in [3.05, 3.63) is 35.4 Å². The molecule has 0 spiro atoms. The van der Waals surface area contributed by atoms with Crippen LogP contribution in [0.2, 0.25) is 0 Å². The average Bonchev–Trinajstić information content (AvgIpc) is 2.90. The number of hydrogen-bond acceptors (Lipinski definition) is 4. The van der Waals surface area contributed by atoms with Gasteiger partial charge in [0.15, 0.2) is 0 Å². The number of thioether (sulfide) groups is 2. The third-order valence-corrected chi connectivity index (χ3v) is 5.10. The van der Waals surface area contributed by atoms with Gasteiger partial charge >= 0.3 is 5.97 Å². The minimum absolute atomic E-state index is 0.0838. The van der Waals surface area contributed by atoms with Gasteiger partial charge in [0.1, 0.15) is 6.04 Å². The Balaban J connectivity index is 1.80. The van der Waals surface area contributed by atoms with Crippen LogP contribution < -0.4 is 0 Å². The van der Waals surface area contributed by atoms with Gasteiger partial charge in [0, 0.05) is 11.5 Å². The van der Waals surface area contributed by atoms with Crippen LogP contribution in [0.4, 0.5) is 0 Å². The van der Waals surface area contributed by atoms with Crippen LogP contribution >= 0.6 is 23.5 Å². The average molecular weight is 311 g/mol. The Labute approximate surface area is 126 Å². The highest BCUT2D eigenvalue weighted by atomic mass is 32.2. The Morgan fingerprint density at radius 1 is 1.40 bits per heavy atom. The second kappa shape index (κ2) is 7.04. The normalized spacial score (nSPS) is 18.2. The van der Waals surface area contributed by atoms with E-state index in [1.807, 2.05) is 6.92 Å². The summed E-state index contributed by atoms with van der Waals surface area (Å²) in [7, 11) is 0. The summed E-state index contributed by atoms with van der Waals surface area (Å²) in [5.74, 6) is 1.08. The first-order valence-electron chi connectivity index (χ1n) is 6.31. The Kier molecular flexibility index (Phi) is 5.37. The molecule has 2 rings (SSSR count). The van der Waals surface area contributed by atoms with Gasteiger partial charge in [-0.05, 0) is 12.5 Å². The fourth-order valence-electron chi connectivity index (χ4n) is 1.92. The molecule has 108 valence electrons. The van der Waals surface area contributed by atoms with Crippen molar-refractivity contribution in [1.29, 1.82) is 0 Å². The van der Waals surface area contributed by atoms with Crippen LogP contribution in [0.1, 0.15) is 11.1 Å². The quantitative estimate of drug-likeness (QED) is 0.903. The second-order valence-corrected chi connectivity index (χ2v) is 6.68. The van der Waals surface area contributed by atoms with Crippen LogP contribution in [0.3, 0.4) is 0 Å². The molecule has 20 heavy (non-hydrogen) atoms. The van der Waals surface area contributed by atoms with Crippen molar-refractivity contribution in [3.8, 4) is 0 Å². The number of aliphatic carboxylic acids is 1. The van der Waals surface area contributed by atoms with Gasteiger partial charge in [-0.15, -0.1) is 23.5 Å². The topological polar surface area (TPSA) is 57.6 Å². The molecule has 1 atom stereocenters. The zero-order chi connectivity index (χ0) is 14.5. The fourth-order valence-corrected chi connectivity index (χ4v) is 3.96. The molecule has 1 aliphatic heterocycles. The highest BCUT2D eigenvalue weighted by Crippen LogP contribution is 2.23. The summed E-state index contributed by atoms with van der Waals surface area (Å²) in [6.45, 7) is 2.04. The minimum atomic E-state index is -0.910. The molecular formula is C14H17NO3S2. The van der Waals surface area contributed by atoms with Crippen molar-refractivity contribution >= 4 is 35.4 Å². The first-order chi connectivity index (χ1) is 9.58. The maximum atomic E-state index is 12.0. The molecule has 4 nitrogen and oxygen atoms in total. The highest BCUT2D eigenvalue weighted by Gasteiger charge is 2.34. The lowest BCUT2D eigenvalue weighted by atomic mass is 10.2. The van der Waals surface area contributed by atoms with E-state index in [-0.39, 0.29) is 5.91 Å². The number of benzene rings is 1. The van der Waals surface area contributed by atoms with Crippen LogP contribution in [-0.4, -0.2) is 45.3 Å². The van der Waals surface area contributed by atoms with Gasteiger partial charge in [0.05, 0.1) is 11.6 Å². The number of aryl methyl sites for hydroxylation is 1. The van der Waals surface area contributed by atoms with E-state index in [2.05, 4.69) is 24.3 Å². The third kappa shape index (κ3) is 3.93. The second-order valence-electron chi connectivity index (χ2n) is 4.70. The Bertz CT molecular complexity index is 490. The predicted molar refractivity (Wildman–Crippen MR) is 82.9 cm³/mol. The summed E-state index contributed by atoms with van der Waals surface area (Å²) in [4.78, 5) is 24.5. The molecule has 6 heteroatoms. The fraction of sp³-hybridized carbons (Fsp3) is 0.429. The number of rotatable bonds is 5. The molecule has 1 fully saturated rings. The largest absolute Gasteiger partial charge is 0.480 e. The third-order valence-electron chi connectivity index (χ3n) is 3.10. The highest BCUT2D eigenvalue weighted by molar-refractivity contribution is 7.99. The van der Waals surface area contributed by atoms with Crippen molar-refractivity contribution in [2.45, 2.75) is 18.7 Å². The molecule has 1 heterocycles. The molecule has 0 radical (unpaired) electrons. The smallest absolute Gasteiger partial charge is 0.327 e. The first kappa shape index (κ1) is 15.3. The molecule has 1 saturated heterocycles. The zero-order valence-electron chi connectivity index (χ0n) is 11.2. The molecule has 1 aromatic carbocycles. The van der Waals surface area contributed by atoms with Crippen LogP contribution in [0.25, 0.3) is 0 Å². The lowest BCUT2D eigenvalue weighted by Crippen LogP contribution is -2.42. The molecule has 1 aliphatic rings. The summed E-state index contributed by atoms with van der Waals surface area (Å²) in [6.07, 6.45) is 0. The summed E-state index contributed by atoms with van der Waals surface area (Å²) in [5, 5.41) is 9.05. The summed E-state index contributed by atoms with van der Waals surface area (Å²) in [6, 6.07) is 7.55. The van der Waals surface area contributed by atoms with Crippen LogP contribution in [-0.2, 0) is 15.3 Å².